The predicted octanol–water partition coefficient (Wildman–Crippen LogP) is 1.81. The van der Waals surface area contributed by atoms with Gasteiger partial charge >= 0.3 is 0 Å². The third-order valence-electron chi connectivity index (χ3n) is 1.80. The van der Waals surface area contributed by atoms with E-state index in [1.54, 1.807) is 0 Å². The molecule has 2 aromatic rings. The lowest BCUT2D eigenvalue weighted by atomic mass is 10.1. The fraction of sp³-hybridized carbons (Fsp3) is 0.0909. The Morgan fingerprint density at radius 1 is 1.06 bits per heavy atom. The normalized spacial score (nSPS) is 9.62. The van der Waals surface area contributed by atoms with Crippen molar-refractivity contribution in [1.29, 1.82) is 0 Å². The number of thiophene rings is 1. The number of benzene rings is 1. The highest BCUT2D eigenvalue weighted by molar-refractivity contribution is 7.69. The molecule has 3 nitrogen and oxygen atoms in total. The minimum atomic E-state index is -2.62. The summed E-state index contributed by atoms with van der Waals surface area (Å²) >= 11 is 1.82. The van der Waals surface area contributed by atoms with E-state index in [2.05, 4.69) is 53.0 Å². The first-order chi connectivity index (χ1) is 7.68. The molecule has 16 heavy (non-hydrogen) atoms. The van der Waals surface area contributed by atoms with Gasteiger partial charge < -0.3 is 0 Å². The van der Waals surface area contributed by atoms with E-state index < -0.39 is 10.9 Å². The summed E-state index contributed by atoms with van der Waals surface area (Å²) in [7, 11) is -2.62. The molecule has 0 saturated carbocycles. The van der Waals surface area contributed by atoms with Crippen LogP contribution in [0.2, 0.25) is 0 Å². The lowest BCUT2D eigenvalue weighted by Crippen LogP contribution is -1.85. The van der Waals surface area contributed by atoms with Crippen LogP contribution in [-0.4, -0.2) is 8.42 Å². The van der Waals surface area contributed by atoms with E-state index >= 15 is 0 Å². The van der Waals surface area contributed by atoms with Crippen LogP contribution in [0.5, 0.6) is 0 Å². The molecule has 0 spiro atoms. The van der Waals surface area contributed by atoms with Crippen LogP contribution in [0.25, 0.3) is 0 Å². The molecule has 0 aliphatic rings. The first kappa shape index (κ1) is 12.9. The Kier molecular flexibility index (Phi) is 5.77. The first-order valence-electron chi connectivity index (χ1n) is 4.64. The van der Waals surface area contributed by atoms with Crippen molar-refractivity contribution in [2.45, 2.75) is 6.42 Å². The molecule has 0 amide bonds. The third-order valence-corrected chi connectivity index (χ3v) is 2.68. The monoisotopic (exact) mass is 255 g/mol. The smallest absolute Gasteiger partial charge is 0.198 e. The predicted molar refractivity (Wildman–Crippen MR) is 68.1 cm³/mol. The average Bonchev–Trinajstić information content (AvgIpc) is 2.71. The van der Waals surface area contributed by atoms with Crippen molar-refractivity contribution >= 4 is 22.2 Å². The maximum Gasteiger partial charge on any atom is 0.198 e. The van der Waals surface area contributed by atoms with E-state index in [0.717, 1.165) is 6.42 Å². The molecule has 0 saturated heterocycles. The molecular formula is C11H13NO2S2. The molecular weight excluding hydrogens is 242 g/mol. The highest BCUT2D eigenvalue weighted by Gasteiger charge is 1.94. The van der Waals surface area contributed by atoms with Crippen LogP contribution in [0, 0.1) is 0 Å². The third kappa shape index (κ3) is 5.65. The van der Waals surface area contributed by atoms with Gasteiger partial charge in [-0.1, -0.05) is 36.4 Å². The Bertz CT molecular complexity index is 456. The zero-order valence-corrected chi connectivity index (χ0v) is 10.3. The zero-order valence-electron chi connectivity index (χ0n) is 8.58. The summed E-state index contributed by atoms with van der Waals surface area (Å²) in [5.41, 5.74) is 1.39. The molecule has 0 aliphatic heterocycles. The largest absolute Gasteiger partial charge is 0.231 e. The van der Waals surface area contributed by atoms with Gasteiger partial charge in [-0.15, -0.1) is 11.3 Å². The molecule has 2 N–H and O–H groups in total. The van der Waals surface area contributed by atoms with Gasteiger partial charge in [-0.25, -0.2) is 13.6 Å². The number of hydrogen-bond acceptors (Lipinski definition) is 3. The Morgan fingerprint density at radius 2 is 1.69 bits per heavy atom. The van der Waals surface area contributed by atoms with E-state index in [1.807, 2.05) is 11.3 Å². The molecule has 0 fully saturated rings. The van der Waals surface area contributed by atoms with Crippen molar-refractivity contribution in [2.75, 3.05) is 0 Å². The number of rotatable bonds is 2. The van der Waals surface area contributed by atoms with Crippen LogP contribution >= 0.6 is 11.3 Å². The van der Waals surface area contributed by atoms with E-state index in [0.29, 0.717) is 0 Å². The van der Waals surface area contributed by atoms with Crippen LogP contribution in [0.3, 0.4) is 0 Å². The van der Waals surface area contributed by atoms with Gasteiger partial charge in [0.2, 0.25) is 0 Å². The average molecular weight is 255 g/mol. The fourth-order valence-electron chi connectivity index (χ4n) is 1.21. The van der Waals surface area contributed by atoms with Crippen molar-refractivity contribution < 1.29 is 8.42 Å². The quantitative estimate of drug-likeness (QED) is 0.804. The summed E-state index contributed by atoms with van der Waals surface area (Å²) < 4.78 is 17.6. The minimum Gasteiger partial charge on any atom is -0.231 e. The van der Waals surface area contributed by atoms with Crippen LogP contribution in [0.4, 0.5) is 0 Å². The number of thiol groups is 1. The lowest BCUT2D eigenvalue weighted by molar-refractivity contribution is 0.616. The number of hydrogen-bond donors (Lipinski definition) is 2. The second-order valence-corrected chi connectivity index (χ2v) is 4.63. The summed E-state index contributed by atoms with van der Waals surface area (Å²) in [6.07, 6.45) is 1.07. The summed E-state index contributed by atoms with van der Waals surface area (Å²) in [5.74, 6) is 0. The molecule has 1 aromatic carbocycles. The van der Waals surface area contributed by atoms with Gasteiger partial charge in [0.1, 0.15) is 0 Å². The lowest BCUT2D eigenvalue weighted by Gasteiger charge is -1.96. The van der Waals surface area contributed by atoms with E-state index in [1.165, 1.54) is 10.4 Å². The van der Waals surface area contributed by atoms with Crippen LogP contribution in [0.15, 0.2) is 47.8 Å². The maximum atomic E-state index is 8.81. The Balaban J connectivity index is 0.000000280. The zero-order chi connectivity index (χ0) is 11.8. The van der Waals surface area contributed by atoms with Gasteiger partial charge in [-0.2, -0.15) is 0 Å². The molecule has 1 heterocycles. The van der Waals surface area contributed by atoms with Gasteiger partial charge in [0.05, 0.1) is 0 Å². The summed E-state index contributed by atoms with van der Waals surface area (Å²) in [6.45, 7) is 0. The van der Waals surface area contributed by atoms with Crippen molar-refractivity contribution in [3.8, 4) is 0 Å². The van der Waals surface area contributed by atoms with Crippen molar-refractivity contribution in [3.05, 3.63) is 58.3 Å². The summed E-state index contributed by atoms with van der Waals surface area (Å²) in [6, 6.07) is 14.8. The van der Waals surface area contributed by atoms with Crippen molar-refractivity contribution in [3.63, 3.8) is 0 Å². The molecule has 0 bridgehead atoms. The number of nitrogens with two attached hydrogens (primary N) is 1. The van der Waals surface area contributed by atoms with E-state index in [9.17, 15) is 0 Å². The summed E-state index contributed by atoms with van der Waals surface area (Å²) in [5, 5.41) is 6.19. The van der Waals surface area contributed by atoms with Gasteiger partial charge in [0, 0.05) is 11.3 Å². The van der Waals surface area contributed by atoms with Gasteiger partial charge in [0.25, 0.3) is 0 Å². The van der Waals surface area contributed by atoms with Crippen LogP contribution in [0.1, 0.15) is 10.4 Å². The second-order valence-electron chi connectivity index (χ2n) is 3.03. The minimum absolute atomic E-state index is 1.07. The fourth-order valence-corrected chi connectivity index (χ4v) is 1.95. The topological polar surface area (TPSA) is 60.2 Å². The standard InChI is InChI=1S/C11H10S.H3NO2S/c1-2-5-10(6-3-1)9-11-7-4-8-12-11;1-4(2)3/h1-8H,9H2;4H,(H2,1,2,3). The molecule has 86 valence electrons. The van der Waals surface area contributed by atoms with E-state index in [4.69, 9.17) is 8.42 Å². The molecule has 0 aliphatic carbocycles. The molecule has 0 radical (unpaired) electrons. The Morgan fingerprint density at radius 3 is 2.19 bits per heavy atom. The van der Waals surface area contributed by atoms with Crippen LogP contribution in [-0.2, 0) is 17.3 Å². The molecule has 2 rings (SSSR count). The summed E-state index contributed by atoms with van der Waals surface area (Å²) in [4.78, 5) is 1.43. The van der Waals surface area contributed by atoms with Gasteiger partial charge in [-0.3, -0.25) is 0 Å². The SMILES string of the molecule is N[SH](=O)=O.c1ccc(Cc2cccs2)cc1. The highest BCUT2D eigenvalue weighted by Crippen LogP contribution is 2.13. The van der Waals surface area contributed by atoms with Crippen LogP contribution < -0.4 is 5.14 Å². The van der Waals surface area contributed by atoms with E-state index in [-0.39, 0.29) is 0 Å². The van der Waals surface area contributed by atoms with Gasteiger partial charge in [0.15, 0.2) is 10.9 Å². The highest BCUT2D eigenvalue weighted by atomic mass is 32.2. The molecule has 5 heteroatoms. The molecule has 1 aromatic heterocycles. The Labute approximate surface area is 101 Å². The second kappa shape index (κ2) is 7.16. The Hall–Kier alpha value is -1.17. The van der Waals surface area contributed by atoms with Crippen molar-refractivity contribution in [2.24, 2.45) is 5.14 Å². The maximum absolute atomic E-state index is 8.81. The molecule has 0 unspecified atom stereocenters. The molecule has 0 atom stereocenters. The first-order valence-corrected chi connectivity index (χ1v) is 6.76. The van der Waals surface area contributed by atoms with Crippen molar-refractivity contribution in [1.82, 2.24) is 0 Å². The van der Waals surface area contributed by atoms with Gasteiger partial charge in [-0.05, 0) is 17.0 Å².